The largest absolute Gasteiger partial charge is 0.396 e. The lowest BCUT2D eigenvalue weighted by atomic mass is 9.92. The highest BCUT2D eigenvalue weighted by Crippen LogP contribution is 2.30. The van der Waals surface area contributed by atoms with Crippen LogP contribution in [0.3, 0.4) is 0 Å². The summed E-state index contributed by atoms with van der Waals surface area (Å²) in [5, 5.41) is 12.3. The van der Waals surface area contributed by atoms with Crippen molar-refractivity contribution in [3.05, 3.63) is 58.4 Å². The quantitative estimate of drug-likeness (QED) is 0.137. The van der Waals surface area contributed by atoms with Crippen molar-refractivity contribution in [3.8, 4) is 0 Å². The van der Waals surface area contributed by atoms with Crippen LogP contribution in [0.1, 0.15) is 63.2 Å². The molecule has 0 radical (unpaired) electrons. The smallest absolute Gasteiger partial charge is 0.255 e. The summed E-state index contributed by atoms with van der Waals surface area (Å²) in [7, 11) is 0. The van der Waals surface area contributed by atoms with E-state index in [-0.39, 0.29) is 29.9 Å². The zero-order valence-corrected chi connectivity index (χ0v) is 22.5. The number of carbonyl (C=O) groups excluding carboxylic acids is 1. The van der Waals surface area contributed by atoms with Crippen LogP contribution in [0.15, 0.2) is 35.2 Å². The molecule has 0 fully saturated rings. The van der Waals surface area contributed by atoms with E-state index in [2.05, 4.69) is 19.2 Å². The Hall–Kier alpha value is -1.74. The Morgan fingerprint density at radius 1 is 1.14 bits per heavy atom. The summed E-state index contributed by atoms with van der Waals surface area (Å²) in [6.07, 6.45) is 4.92. The average Bonchev–Trinajstić information content (AvgIpc) is 2.84. The van der Waals surface area contributed by atoms with Crippen molar-refractivity contribution in [1.82, 2.24) is 0 Å². The van der Waals surface area contributed by atoms with Crippen molar-refractivity contribution in [2.24, 2.45) is 11.8 Å². The van der Waals surface area contributed by atoms with Gasteiger partial charge in [-0.15, -0.1) is 11.8 Å². The number of aliphatic hydroxyl groups excluding tert-OH is 1. The standard InChI is InChI=1S/C27H35ClF3NO3S/c1-4-7-18(3)24(12-17(2)16-33)35-10-5-6-11-36-25-13-19(8-9-21(25)28)27(34)32-20-14-22(29)26(31)23(30)15-20/h8-9,13-15,17-18,24,33H,4-7,10-12,16H2,1-3H3,(H,32,34). The summed E-state index contributed by atoms with van der Waals surface area (Å²) in [5.41, 5.74) is 0.0848. The number of hydrogen-bond acceptors (Lipinski definition) is 4. The first-order valence-corrected chi connectivity index (χ1v) is 13.6. The normalized spacial score (nSPS) is 13.9. The molecule has 9 heteroatoms. The molecular weight excluding hydrogens is 511 g/mol. The molecule has 0 aliphatic heterocycles. The molecule has 0 saturated heterocycles. The lowest BCUT2D eigenvalue weighted by molar-refractivity contribution is -0.00586. The molecule has 200 valence electrons. The second kappa shape index (κ2) is 15.5. The van der Waals surface area contributed by atoms with Crippen LogP contribution >= 0.6 is 23.4 Å². The van der Waals surface area contributed by atoms with Crippen molar-refractivity contribution in [3.63, 3.8) is 0 Å². The zero-order chi connectivity index (χ0) is 26.7. The fourth-order valence-corrected chi connectivity index (χ4v) is 5.05. The summed E-state index contributed by atoms with van der Waals surface area (Å²) in [4.78, 5) is 13.2. The first-order valence-electron chi connectivity index (χ1n) is 12.3. The topological polar surface area (TPSA) is 58.6 Å². The van der Waals surface area contributed by atoms with E-state index in [1.54, 1.807) is 12.1 Å². The maximum absolute atomic E-state index is 13.4. The highest BCUT2D eigenvalue weighted by Gasteiger charge is 2.20. The van der Waals surface area contributed by atoms with Gasteiger partial charge >= 0.3 is 0 Å². The van der Waals surface area contributed by atoms with Crippen molar-refractivity contribution in [2.45, 2.75) is 63.9 Å². The Balaban J connectivity index is 1.86. The summed E-state index contributed by atoms with van der Waals surface area (Å²) in [6, 6.07) is 6.17. The van der Waals surface area contributed by atoms with Crippen LogP contribution < -0.4 is 5.32 Å². The fraction of sp³-hybridized carbons (Fsp3) is 0.519. The number of unbranched alkanes of at least 4 members (excludes halogenated alkanes) is 1. The van der Waals surface area contributed by atoms with Crippen LogP contribution in [0.4, 0.5) is 18.9 Å². The second-order valence-corrected chi connectivity index (χ2v) is 10.7. The molecule has 0 bridgehead atoms. The molecule has 2 N–H and O–H groups in total. The molecule has 0 aromatic heterocycles. The summed E-state index contributed by atoms with van der Waals surface area (Å²) >= 11 is 7.80. The average molecular weight is 546 g/mol. The molecule has 2 rings (SSSR count). The van der Waals surface area contributed by atoms with Crippen molar-refractivity contribution < 1.29 is 27.8 Å². The lowest BCUT2D eigenvalue weighted by Gasteiger charge is -2.26. The predicted octanol–water partition coefficient (Wildman–Crippen LogP) is 7.72. The van der Waals surface area contributed by atoms with Crippen LogP contribution in [0.5, 0.6) is 0 Å². The number of amides is 1. The zero-order valence-electron chi connectivity index (χ0n) is 21.0. The first-order chi connectivity index (χ1) is 17.2. The number of aliphatic hydroxyl groups is 1. The minimum atomic E-state index is -1.59. The van der Waals surface area contributed by atoms with Gasteiger partial charge in [-0.1, -0.05) is 38.8 Å². The van der Waals surface area contributed by atoms with Crippen molar-refractivity contribution in [1.29, 1.82) is 0 Å². The number of halogens is 4. The number of carbonyl (C=O) groups is 1. The highest BCUT2D eigenvalue weighted by molar-refractivity contribution is 7.99. The van der Waals surface area contributed by atoms with Crippen LogP contribution in [-0.2, 0) is 4.74 Å². The van der Waals surface area contributed by atoms with E-state index in [0.717, 1.165) is 50.0 Å². The highest BCUT2D eigenvalue weighted by atomic mass is 35.5. The Morgan fingerprint density at radius 3 is 2.47 bits per heavy atom. The number of thioether (sulfide) groups is 1. The molecule has 2 aromatic rings. The summed E-state index contributed by atoms with van der Waals surface area (Å²) < 4.78 is 46.1. The molecule has 0 aliphatic rings. The molecule has 36 heavy (non-hydrogen) atoms. The Labute approximate surface area is 221 Å². The number of anilines is 1. The third-order valence-corrected chi connectivity index (χ3v) is 7.47. The summed E-state index contributed by atoms with van der Waals surface area (Å²) in [6.45, 7) is 7.18. The molecule has 4 nitrogen and oxygen atoms in total. The maximum atomic E-state index is 13.4. The number of ether oxygens (including phenoxy) is 1. The van der Waals surface area contributed by atoms with Crippen molar-refractivity contribution in [2.75, 3.05) is 24.3 Å². The van der Waals surface area contributed by atoms with E-state index in [1.165, 1.54) is 17.8 Å². The molecule has 3 atom stereocenters. The van der Waals surface area contributed by atoms with Gasteiger partial charge in [-0.25, -0.2) is 13.2 Å². The van der Waals surface area contributed by atoms with Gasteiger partial charge in [0.05, 0.1) is 11.1 Å². The molecular formula is C27H35ClF3NO3S. The second-order valence-electron chi connectivity index (χ2n) is 9.11. The van der Waals surface area contributed by atoms with Gasteiger partial charge in [0.25, 0.3) is 5.91 Å². The molecule has 1 amide bonds. The lowest BCUT2D eigenvalue weighted by Crippen LogP contribution is -2.26. The molecule has 2 aromatic carbocycles. The minimum absolute atomic E-state index is 0.132. The Kier molecular flexibility index (Phi) is 13.1. The Bertz CT molecular complexity index is 972. The van der Waals surface area contributed by atoms with Crippen LogP contribution in [0.2, 0.25) is 5.02 Å². The van der Waals surface area contributed by atoms with Gasteiger partial charge in [-0.05, 0) is 61.5 Å². The molecule has 0 heterocycles. The number of benzene rings is 2. The molecule has 0 spiro atoms. The third-order valence-electron chi connectivity index (χ3n) is 5.89. The minimum Gasteiger partial charge on any atom is -0.396 e. The first kappa shape index (κ1) is 30.5. The van der Waals surface area contributed by atoms with Gasteiger partial charge < -0.3 is 15.2 Å². The number of nitrogens with one attached hydrogen (secondary N) is 1. The van der Waals surface area contributed by atoms with Gasteiger partial charge in [0.15, 0.2) is 17.5 Å². The maximum Gasteiger partial charge on any atom is 0.255 e. The Morgan fingerprint density at radius 2 is 1.83 bits per heavy atom. The van der Waals surface area contributed by atoms with Crippen LogP contribution in [-0.4, -0.2) is 36.1 Å². The van der Waals surface area contributed by atoms with E-state index >= 15 is 0 Å². The van der Waals surface area contributed by atoms with E-state index in [1.807, 2.05) is 6.92 Å². The third kappa shape index (κ3) is 9.61. The molecule has 3 unspecified atom stereocenters. The van der Waals surface area contributed by atoms with Gasteiger partial charge in [0, 0.05) is 41.5 Å². The van der Waals surface area contributed by atoms with Gasteiger partial charge in [0.2, 0.25) is 0 Å². The van der Waals surface area contributed by atoms with E-state index in [0.29, 0.717) is 22.4 Å². The van der Waals surface area contributed by atoms with Gasteiger partial charge in [-0.2, -0.15) is 0 Å². The fourth-order valence-electron chi connectivity index (χ4n) is 3.78. The van der Waals surface area contributed by atoms with Crippen LogP contribution in [0.25, 0.3) is 0 Å². The van der Waals surface area contributed by atoms with E-state index in [4.69, 9.17) is 16.3 Å². The number of rotatable bonds is 15. The van der Waals surface area contributed by atoms with Crippen LogP contribution in [0, 0.1) is 29.3 Å². The van der Waals surface area contributed by atoms with Crippen molar-refractivity contribution >= 4 is 35.0 Å². The van der Waals surface area contributed by atoms with Gasteiger partial charge in [-0.3, -0.25) is 4.79 Å². The van der Waals surface area contributed by atoms with Gasteiger partial charge in [0.1, 0.15) is 0 Å². The molecule has 0 aliphatic carbocycles. The summed E-state index contributed by atoms with van der Waals surface area (Å²) in [5.74, 6) is -3.52. The molecule has 0 saturated carbocycles. The van der Waals surface area contributed by atoms with E-state index in [9.17, 15) is 23.1 Å². The number of hydrogen-bond donors (Lipinski definition) is 2. The predicted molar refractivity (Wildman–Crippen MR) is 140 cm³/mol. The monoisotopic (exact) mass is 545 g/mol. The SMILES string of the molecule is CCCC(C)C(CC(C)CO)OCCCCSc1cc(C(=O)Nc2cc(F)c(F)c(F)c2)ccc1Cl. The van der Waals surface area contributed by atoms with E-state index < -0.39 is 23.4 Å².